The number of rotatable bonds is 3. The third-order valence-electron chi connectivity index (χ3n) is 3.49. The number of aryl methyl sites for hydroxylation is 2. The summed E-state index contributed by atoms with van der Waals surface area (Å²) < 4.78 is 0. The second kappa shape index (κ2) is 4.94. The Bertz CT molecular complexity index is 764. The molecule has 3 rings (SSSR count). The SMILES string of the molecule is Cc1ccc(Nc2ncnc3[nH]cc(CO)c23)cc1C. The fourth-order valence-electron chi connectivity index (χ4n) is 2.20. The van der Waals surface area contributed by atoms with E-state index in [0.717, 1.165) is 22.3 Å². The highest BCUT2D eigenvalue weighted by Gasteiger charge is 2.10. The summed E-state index contributed by atoms with van der Waals surface area (Å²) in [6.07, 6.45) is 3.26. The van der Waals surface area contributed by atoms with Crippen molar-refractivity contribution < 1.29 is 5.11 Å². The van der Waals surface area contributed by atoms with Crippen molar-refractivity contribution in [3.63, 3.8) is 0 Å². The molecule has 0 saturated heterocycles. The number of aromatic nitrogens is 3. The van der Waals surface area contributed by atoms with Gasteiger partial charge in [0.05, 0.1) is 12.0 Å². The van der Waals surface area contributed by atoms with Crippen molar-refractivity contribution in [1.29, 1.82) is 0 Å². The number of aromatic amines is 1. The van der Waals surface area contributed by atoms with Crippen molar-refractivity contribution in [2.24, 2.45) is 0 Å². The number of nitrogens with one attached hydrogen (secondary N) is 2. The van der Waals surface area contributed by atoms with Crippen molar-refractivity contribution in [2.45, 2.75) is 20.5 Å². The predicted octanol–water partition coefficient (Wildman–Crippen LogP) is 2.81. The molecule has 0 aliphatic rings. The molecule has 0 unspecified atom stereocenters. The molecule has 2 aromatic heterocycles. The molecule has 0 amide bonds. The Hall–Kier alpha value is -2.40. The maximum atomic E-state index is 9.39. The maximum Gasteiger partial charge on any atom is 0.143 e. The van der Waals surface area contributed by atoms with Gasteiger partial charge in [0.15, 0.2) is 0 Å². The normalized spacial score (nSPS) is 10.9. The van der Waals surface area contributed by atoms with Gasteiger partial charge in [-0.1, -0.05) is 6.07 Å². The van der Waals surface area contributed by atoms with E-state index in [1.165, 1.54) is 17.5 Å². The number of nitrogens with zero attached hydrogens (tertiary/aromatic N) is 2. The topological polar surface area (TPSA) is 73.8 Å². The zero-order chi connectivity index (χ0) is 14.1. The average Bonchev–Trinajstić information content (AvgIpc) is 2.87. The van der Waals surface area contributed by atoms with Crippen LogP contribution in [0.1, 0.15) is 16.7 Å². The second-order valence-corrected chi connectivity index (χ2v) is 4.84. The van der Waals surface area contributed by atoms with Crippen LogP contribution in [0.15, 0.2) is 30.7 Å². The van der Waals surface area contributed by atoms with E-state index >= 15 is 0 Å². The Balaban J connectivity index is 2.05. The third kappa shape index (κ3) is 2.12. The molecule has 3 N–H and O–H groups in total. The van der Waals surface area contributed by atoms with Gasteiger partial charge in [-0.15, -0.1) is 0 Å². The van der Waals surface area contributed by atoms with Gasteiger partial charge in [0.25, 0.3) is 0 Å². The van der Waals surface area contributed by atoms with Crippen LogP contribution in [0.4, 0.5) is 11.5 Å². The largest absolute Gasteiger partial charge is 0.392 e. The summed E-state index contributed by atoms with van der Waals surface area (Å²) >= 11 is 0. The summed E-state index contributed by atoms with van der Waals surface area (Å²) in [7, 11) is 0. The van der Waals surface area contributed by atoms with Gasteiger partial charge in [-0.2, -0.15) is 0 Å². The highest BCUT2D eigenvalue weighted by atomic mass is 16.3. The number of fused-ring (bicyclic) bond motifs is 1. The molecule has 0 aliphatic heterocycles. The number of benzene rings is 1. The van der Waals surface area contributed by atoms with E-state index in [-0.39, 0.29) is 6.61 Å². The Kier molecular flexibility index (Phi) is 3.12. The molecule has 0 radical (unpaired) electrons. The smallest absolute Gasteiger partial charge is 0.143 e. The molecular weight excluding hydrogens is 252 g/mol. The Morgan fingerprint density at radius 1 is 1.20 bits per heavy atom. The lowest BCUT2D eigenvalue weighted by atomic mass is 10.1. The average molecular weight is 268 g/mol. The van der Waals surface area contributed by atoms with Crippen LogP contribution in [0.25, 0.3) is 11.0 Å². The minimum Gasteiger partial charge on any atom is -0.392 e. The van der Waals surface area contributed by atoms with Gasteiger partial charge in [-0.3, -0.25) is 0 Å². The summed E-state index contributed by atoms with van der Waals surface area (Å²) in [6.45, 7) is 4.11. The van der Waals surface area contributed by atoms with Crippen molar-refractivity contribution in [2.75, 3.05) is 5.32 Å². The van der Waals surface area contributed by atoms with Crippen molar-refractivity contribution >= 4 is 22.5 Å². The van der Waals surface area contributed by atoms with Gasteiger partial charge >= 0.3 is 0 Å². The summed E-state index contributed by atoms with van der Waals surface area (Å²) in [4.78, 5) is 11.5. The van der Waals surface area contributed by atoms with Crippen LogP contribution in [-0.4, -0.2) is 20.1 Å². The molecule has 0 aliphatic carbocycles. The molecule has 5 heteroatoms. The molecule has 0 fully saturated rings. The lowest BCUT2D eigenvalue weighted by Crippen LogP contribution is -1.97. The molecular formula is C15H16N4O. The summed E-state index contributed by atoms with van der Waals surface area (Å²) in [5.41, 5.74) is 4.94. The number of hydrogen-bond donors (Lipinski definition) is 3. The number of aliphatic hydroxyl groups excluding tert-OH is 1. The number of H-pyrrole nitrogens is 1. The van der Waals surface area contributed by atoms with Gasteiger partial charge in [-0.25, -0.2) is 9.97 Å². The fourth-order valence-corrected chi connectivity index (χ4v) is 2.20. The quantitative estimate of drug-likeness (QED) is 0.683. The summed E-state index contributed by atoms with van der Waals surface area (Å²) in [5, 5.41) is 13.5. The van der Waals surface area contributed by atoms with Gasteiger partial charge in [0, 0.05) is 17.4 Å². The second-order valence-electron chi connectivity index (χ2n) is 4.84. The van der Waals surface area contributed by atoms with Crippen molar-refractivity contribution in [1.82, 2.24) is 15.0 Å². The Morgan fingerprint density at radius 2 is 2.05 bits per heavy atom. The first-order chi connectivity index (χ1) is 9.69. The minimum absolute atomic E-state index is 0.0466. The number of anilines is 2. The standard InChI is InChI=1S/C15H16N4O/c1-9-3-4-12(5-10(9)2)19-15-13-11(7-20)6-16-14(13)17-8-18-15/h3-6,8,20H,7H2,1-2H3,(H2,16,17,18,19). The Labute approximate surface area is 116 Å². The van der Waals surface area contributed by atoms with Crippen LogP contribution in [0, 0.1) is 13.8 Å². The van der Waals surface area contributed by atoms with E-state index in [0.29, 0.717) is 5.82 Å². The van der Waals surface area contributed by atoms with E-state index in [9.17, 15) is 5.11 Å². The monoisotopic (exact) mass is 268 g/mol. The lowest BCUT2D eigenvalue weighted by Gasteiger charge is -2.09. The van der Waals surface area contributed by atoms with E-state index in [1.54, 1.807) is 6.20 Å². The zero-order valence-electron chi connectivity index (χ0n) is 11.4. The van der Waals surface area contributed by atoms with Crippen LogP contribution in [0.2, 0.25) is 0 Å². The van der Waals surface area contributed by atoms with Gasteiger partial charge in [-0.05, 0) is 37.1 Å². The molecule has 5 nitrogen and oxygen atoms in total. The number of hydrogen-bond acceptors (Lipinski definition) is 4. The molecule has 3 aromatic rings. The van der Waals surface area contributed by atoms with Gasteiger partial charge in [0.2, 0.25) is 0 Å². The van der Waals surface area contributed by atoms with Gasteiger partial charge < -0.3 is 15.4 Å². The molecule has 20 heavy (non-hydrogen) atoms. The summed E-state index contributed by atoms with van der Waals surface area (Å²) in [5.74, 6) is 0.698. The molecule has 1 aromatic carbocycles. The molecule has 102 valence electrons. The van der Waals surface area contributed by atoms with E-state index in [4.69, 9.17) is 0 Å². The molecule has 0 atom stereocenters. The highest BCUT2D eigenvalue weighted by Crippen LogP contribution is 2.26. The first kappa shape index (κ1) is 12.6. The van der Waals surface area contributed by atoms with Crippen LogP contribution in [0.3, 0.4) is 0 Å². The van der Waals surface area contributed by atoms with Crippen LogP contribution < -0.4 is 5.32 Å². The molecule has 0 bridgehead atoms. The molecule has 0 spiro atoms. The van der Waals surface area contributed by atoms with Crippen molar-refractivity contribution in [3.05, 3.63) is 47.4 Å². The first-order valence-electron chi connectivity index (χ1n) is 6.45. The highest BCUT2D eigenvalue weighted by molar-refractivity contribution is 5.91. The minimum atomic E-state index is -0.0466. The summed E-state index contributed by atoms with van der Waals surface area (Å²) in [6, 6.07) is 6.16. The molecule has 2 heterocycles. The van der Waals surface area contributed by atoms with Crippen LogP contribution >= 0.6 is 0 Å². The van der Waals surface area contributed by atoms with Crippen LogP contribution in [0.5, 0.6) is 0 Å². The van der Waals surface area contributed by atoms with Crippen molar-refractivity contribution in [3.8, 4) is 0 Å². The maximum absolute atomic E-state index is 9.39. The fraction of sp³-hybridized carbons (Fsp3) is 0.200. The van der Waals surface area contributed by atoms with E-state index < -0.39 is 0 Å². The molecule has 0 saturated carbocycles. The predicted molar refractivity (Wildman–Crippen MR) is 79.0 cm³/mol. The first-order valence-corrected chi connectivity index (χ1v) is 6.45. The lowest BCUT2D eigenvalue weighted by molar-refractivity contribution is 0.283. The third-order valence-corrected chi connectivity index (χ3v) is 3.49. The number of aliphatic hydroxyl groups is 1. The Morgan fingerprint density at radius 3 is 2.80 bits per heavy atom. The zero-order valence-corrected chi connectivity index (χ0v) is 11.4. The van der Waals surface area contributed by atoms with E-state index in [2.05, 4.69) is 46.2 Å². The van der Waals surface area contributed by atoms with E-state index in [1.807, 2.05) is 6.07 Å². The van der Waals surface area contributed by atoms with Crippen LogP contribution in [-0.2, 0) is 6.61 Å². The van der Waals surface area contributed by atoms with Gasteiger partial charge in [0.1, 0.15) is 17.8 Å².